The van der Waals surface area contributed by atoms with Crippen molar-refractivity contribution in [3.63, 3.8) is 0 Å². The lowest BCUT2D eigenvalue weighted by molar-refractivity contribution is -0.215. The molecule has 0 radical (unpaired) electrons. The van der Waals surface area contributed by atoms with Crippen LogP contribution in [0.15, 0.2) is 29.3 Å². The molecule has 168 valence electrons. The van der Waals surface area contributed by atoms with E-state index in [0.717, 1.165) is 6.07 Å². The van der Waals surface area contributed by atoms with Crippen molar-refractivity contribution in [2.75, 3.05) is 4.72 Å². The Morgan fingerprint density at radius 3 is 2.71 bits per heavy atom. The number of halogens is 4. The van der Waals surface area contributed by atoms with Crippen molar-refractivity contribution in [3.8, 4) is 6.07 Å². The topological polar surface area (TPSA) is 84.1 Å². The average molecular weight is 585 g/mol. The number of aromatic nitrogens is 1. The first-order valence-electron chi connectivity index (χ1n) is 9.19. The molecule has 0 aliphatic heterocycles. The molecule has 1 aromatic carbocycles. The zero-order chi connectivity index (χ0) is 23.0. The highest BCUT2D eigenvalue weighted by atomic mass is 127. The molecular formula is C19H19F3IN3O3S2. The van der Waals surface area contributed by atoms with E-state index in [2.05, 4.69) is 4.72 Å². The summed E-state index contributed by atoms with van der Waals surface area (Å²) in [7, 11) is -2.86. The van der Waals surface area contributed by atoms with Crippen LogP contribution in [0.4, 0.5) is 18.9 Å². The average Bonchev–Trinajstić information content (AvgIpc) is 3.07. The predicted molar refractivity (Wildman–Crippen MR) is 120 cm³/mol. The fraction of sp³-hybridized carbons (Fsp3) is 0.421. The van der Waals surface area contributed by atoms with Gasteiger partial charge in [0.1, 0.15) is 10.7 Å². The highest BCUT2D eigenvalue weighted by Gasteiger charge is 2.39. The van der Waals surface area contributed by atoms with Crippen molar-refractivity contribution in [1.29, 1.82) is 5.26 Å². The molecule has 1 aliphatic rings. The van der Waals surface area contributed by atoms with Crippen LogP contribution in [0.25, 0.3) is 0 Å². The fourth-order valence-corrected chi connectivity index (χ4v) is 6.64. The third-order valence-electron chi connectivity index (χ3n) is 5.41. The summed E-state index contributed by atoms with van der Waals surface area (Å²) in [5.41, 5.74) is 0.0182. The van der Waals surface area contributed by atoms with Crippen LogP contribution in [0.3, 0.4) is 0 Å². The highest BCUT2D eigenvalue weighted by Crippen LogP contribution is 2.41. The van der Waals surface area contributed by atoms with E-state index < -0.39 is 28.1 Å². The van der Waals surface area contributed by atoms with Crippen LogP contribution in [0.2, 0.25) is 0 Å². The molecule has 31 heavy (non-hydrogen) atoms. The van der Waals surface area contributed by atoms with Gasteiger partial charge in [-0.15, -0.1) is 0 Å². The number of rotatable bonds is 7. The van der Waals surface area contributed by atoms with Crippen LogP contribution in [0, 0.1) is 23.1 Å². The Labute approximate surface area is 194 Å². The summed E-state index contributed by atoms with van der Waals surface area (Å²) >= 11 is 2.01. The Bertz CT molecular complexity index is 1130. The van der Waals surface area contributed by atoms with Gasteiger partial charge in [-0.2, -0.15) is 14.0 Å². The maximum absolute atomic E-state index is 14.2. The van der Waals surface area contributed by atoms with Gasteiger partial charge in [-0.25, -0.2) is 12.8 Å². The summed E-state index contributed by atoms with van der Waals surface area (Å²) in [5.74, 6) is -1.09. The summed E-state index contributed by atoms with van der Waals surface area (Å²) in [6, 6.07) is 5.26. The lowest BCUT2D eigenvalue weighted by atomic mass is 9.78. The number of benzene rings is 1. The first kappa shape index (κ1) is 24.2. The van der Waals surface area contributed by atoms with Crippen LogP contribution in [-0.2, 0) is 27.6 Å². The molecule has 1 N–H and O–H groups in total. The number of nitriles is 1. The zero-order valence-electron chi connectivity index (χ0n) is 16.5. The SMILES string of the molecule is CC(C)(OC(F)F)C1CCc2c(S(=O)(=O)Nc3ccc(C#N)cc3F)cn(SI)c2C1. The standard InChI is InChI=1S/C19H19F3IN3O3S2/c1-19(2,29-18(21)22)12-4-5-13-16(8-12)26(30-23)10-17(13)31(27,28)25-15-6-3-11(9-24)7-14(15)20/h3,6-7,10,12,18,25H,4-5,8H2,1-2H3. The number of ether oxygens (including phenoxy) is 1. The van der Waals surface area contributed by atoms with E-state index in [1.54, 1.807) is 23.9 Å². The number of sulfonamides is 1. The van der Waals surface area contributed by atoms with E-state index >= 15 is 0 Å². The van der Waals surface area contributed by atoms with Gasteiger partial charge in [-0.1, -0.05) is 0 Å². The molecule has 12 heteroatoms. The number of hydrogen-bond donors (Lipinski definition) is 1. The maximum Gasteiger partial charge on any atom is 0.345 e. The van der Waals surface area contributed by atoms with Crippen LogP contribution in [0.5, 0.6) is 0 Å². The van der Waals surface area contributed by atoms with Gasteiger partial charge in [0.25, 0.3) is 10.0 Å². The number of nitrogens with one attached hydrogen (secondary N) is 1. The Hall–Kier alpha value is -1.43. The molecule has 0 bridgehead atoms. The van der Waals surface area contributed by atoms with Crippen LogP contribution < -0.4 is 4.72 Å². The number of alkyl halides is 2. The molecule has 1 unspecified atom stereocenters. The summed E-state index contributed by atoms with van der Waals surface area (Å²) < 4.78 is 74.6. The summed E-state index contributed by atoms with van der Waals surface area (Å²) in [6.45, 7) is 0.308. The first-order valence-corrected chi connectivity index (χ1v) is 14.0. The van der Waals surface area contributed by atoms with Gasteiger partial charge in [0, 0.05) is 42.2 Å². The quantitative estimate of drug-likeness (QED) is 0.448. The first-order chi connectivity index (χ1) is 14.5. The Balaban J connectivity index is 1.94. The largest absolute Gasteiger partial charge is 0.345 e. The van der Waals surface area contributed by atoms with Crippen LogP contribution in [-0.4, -0.2) is 24.6 Å². The molecule has 0 amide bonds. The Morgan fingerprint density at radius 1 is 1.42 bits per heavy atom. The minimum Gasteiger partial charge on any atom is -0.317 e. The van der Waals surface area contributed by atoms with E-state index in [0.29, 0.717) is 30.5 Å². The van der Waals surface area contributed by atoms with Crippen molar-refractivity contribution in [2.45, 2.75) is 50.2 Å². The third kappa shape index (κ3) is 5.15. The molecule has 0 saturated carbocycles. The number of fused-ring (bicyclic) bond motifs is 1. The van der Waals surface area contributed by atoms with Gasteiger partial charge in [0.05, 0.1) is 22.9 Å². The van der Waals surface area contributed by atoms with Gasteiger partial charge < -0.3 is 4.74 Å². The predicted octanol–water partition coefficient (Wildman–Crippen LogP) is 5.27. The lowest BCUT2D eigenvalue weighted by Gasteiger charge is -2.36. The lowest BCUT2D eigenvalue weighted by Crippen LogP contribution is -2.39. The van der Waals surface area contributed by atoms with E-state index in [9.17, 15) is 21.6 Å². The maximum atomic E-state index is 14.2. The third-order valence-corrected chi connectivity index (χ3v) is 8.58. The molecule has 1 heterocycles. The Kier molecular flexibility index (Phi) is 7.19. The second-order valence-corrected chi connectivity index (χ2v) is 11.0. The van der Waals surface area contributed by atoms with E-state index in [-0.39, 0.29) is 22.1 Å². The molecule has 1 aliphatic carbocycles. The summed E-state index contributed by atoms with van der Waals surface area (Å²) in [4.78, 5) is 0.0152. The number of anilines is 1. The molecule has 1 atom stereocenters. The van der Waals surface area contributed by atoms with Crippen LogP contribution in [0.1, 0.15) is 37.1 Å². The van der Waals surface area contributed by atoms with E-state index in [1.807, 2.05) is 21.2 Å². The van der Waals surface area contributed by atoms with Crippen molar-refractivity contribution < 1.29 is 26.3 Å². The van der Waals surface area contributed by atoms with Crippen molar-refractivity contribution in [2.24, 2.45) is 5.92 Å². The summed E-state index contributed by atoms with van der Waals surface area (Å²) in [6.07, 6.45) is 2.64. The number of nitrogens with zero attached hydrogens (tertiary/aromatic N) is 2. The van der Waals surface area contributed by atoms with Gasteiger partial charge in [-0.05, 0) is 62.8 Å². The second kappa shape index (κ2) is 9.21. The normalized spacial score (nSPS) is 16.8. The highest BCUT2D eigenvalue weighted by molar-refractivity contribution is 14.2. The molecule has 6 nitrogen and oxygen atoms in total. The zero-order valence-corrected chi connectivity index (χ0v) is 20.3. The van der Waals surface area contributed by atoms with Gasteiger partial charge in [0.2, 0.25) is 0 Å². The summed E-state index contributed by atoms with van der Waals surface area (Å²) in [5, 5.41) is 8.84. The van der Waals surface area contributed by atoms with Crippen molar-refractivity contribution in [1.82, 2.24) is 3.97 Å². The van der Waals surface area contributed by atoms with Crippen molar-refractivity contribution >= 4 is 46.0 Å². The smallest absolute Gasteiger partial charge is 0.317 e. The van der Waals surface area contributed by atoms with E-state index in [1.165, 1.54) is 27.4 Å². The molecule has 0 saturated heterocycles. The number of hydrogen-bond acceptors (Lipinski definition) is 5. The molecule has 3 rings (SSSR count). The van der Waals surface area contributed by atoms with E-state index in [4.69, 9.17) is 10.00 Å². The monoisotopic (exact) mass is 585 g/mol. The Morgan fingerprint density at radius 2 is 2.13 bits per heavy atom. The fourth-order valence-electron chi connectivity index (χ4n) is 3.75. The van der Waals surface area contributed by atoms with Gasteiger partial charge >= 0.3 is 6.61 Å². The van der Waals surface area contributed by atoms with Crippen LogP contribution >= 0.6 is 30.3 Å². The molecule has 1 aromatic heterocycles. The molecule has 2 aromatic rings. The minimum atomic E-state index is -4.12. The molecule has 0 spiro atoms. The molecular weight excluding hydrogens is 566 g/mol. The van der Waals surface area contributed by atoms with Crippen molar-refractivity contribution in [3.05, 3.63) is 47.0 Å². The second-order valence-electron chi connectivity index (χ2n) is 7.65. The van der Waals surface area contributed by atoms with Gasteiger partial charge in [-0.3, -0.25) is 8.69 Å². The molecule has 0 fully saturated rings. The minimum absolute atomic E-state index is 0.0152. The van der Waals surface area contributed by atoms with Gasteiger partial charge in [0.15, 0.2) is 0 Å².